The first kappa shape index (κ1) is 15.6. The summed E-state index contributed by atoms with van der Waals surface area (Å²) >= 11 is 0. The predicted molar refractivity (Wildman–Crippen MR) is 88.9 cm³/mol. The third-order valence-corrected chi connectivity index (χ3v) is 3.87. The molecule has 2 heteroatoms. The maximum Gasteiger partial charge on any atom is 0.119 e. The topological polar surface area (TPSA) is 21.3 Å². The summed E-state index contributed by atoms with van der Waals surface area (Å²) in [5, 5.41) is 3.29. The zero-order chi connectivity index (χ0) is 15.1. The Morgan fingerprint density at radius 3 is 2.14 bits per heavy atom. The minimum atomic E-state index is 0.167. The molecule has 2 aromatic carbocycles. The van der Waals surface area contributed by atoms with Crippen molar-refractivity contribution in [2.45, 2.75) is 38.8 Å². The number of ether oxygens (including phenoxy) is 1. The van der Waals surface area contributed by atoms with Gasteiger partial charge in [0.2, 0.25) is 0 Å². The van der Waals surface area contributed by atoms with E-state index in [1.54, 1.807) is 0 Å². The molecule has 2 atom stereocenters. The van der Waals surface area contributed by atoms with Gasteiger partial charge >= 0.3 is 0 Å². The molecule has 0 saturated heterocycles. The first-order chi connectivity index (χ1) is 10.2. The van der Waals surface area contributed by atoms with Crippen LogP contribution in [0.5, 0.6) is 5.75 Å². The summed E-state index contributed by atoms with van der Waals surface area (Å²) < 4.78 is 6.00. The lowest BCUT2D eigenvalue weighted by atomic mass is 10.1. The Morgan fingerprint density at radius 1 is 0.952 bits per heavy atom. The van der Waals surface area contributed by atoms with Crippen molar-refractivity contribution in [3.05, 3.63) is 65.7 Å². The Hall–Kier alpha value is -1.80. The van der Waals surface area contributed by atoms with Crippen LogP contribution in [0, 0.1) is 0 Å². The van der Waals surface area contributed by atoms with Gasteiger partial charge in [-0.1, -0.05) is 49.4 Å². The first-order valence-corrected chi connectivity index (χ1v) is 7.69. The summed E-state index contributed by atoms with van der Waals surface area (Å²) in [4.78, 5) is 0. The third kappa shape index (κ3) is 4.61. The van der Waals surface area contributed by atoms with Crippen molar-refractivity contribution in [3.8, 4) is 5.75 Å². The lowest BCUT2D eigenvalue weighted by Crippen LogP contribution is -2.38. The van der Waals surface area contributed by atoms with Crippen molar-refractivity contribution in [2.75, 3.05) is 7.05 Å². The van der Waals surface area contributed by atoms with Gasteiger partial charge in [-0.25, -0.2) is 0 Å². The Kier molecular flexibility index (Phi) is 5.82. The molecule has 0 radical (unpaired) electrons. The second-order valence-electron chi connectivity index (χ2n) is 5.43. The second kappa shape index (κ2) is 7.84. The van der Waals surface area contributed by atoms with Crippen LogP contribution in [0.1, 0.15) is 31.4 Å². The van der Waals surface area contributed by atoms with E-state index in [0.29, 0.717) is 6.04 Å². The molecule has 0 fully saturated rings. The molecule has 0 aromatic heterocycles. The van der Waals surface area contributed by atoms with E-state index in [9.17, 15) is 0 Å². The largest absolute Gasteiger partial charge is 0.489 e. The molecule has 0 saturated carbocycles. The van der Waals surface area contributed by atoms with Crippen molar-refractivity contribution in [1.29, 1.82) is 0 Å². The summed E-state index contributed by atoms with van der Waals surface area (Å²) in [6.07, 6.45) is 2.19. The van der Waals surface area contributed by atoms with Gasteiger partial charge in [-0.15, -0.1) is 0 Å². The number of hydrogen-bond donors (Lipinski definition) is 1. The van der Waals surface area contributed by atoms with Crippen LogP contribution in [0.2, 0.25) is 0 Å². The lowest BCUT2D eigenvalue weighted by molar-refractivity contribution is 0.172. The molecule has 2 aromatic rings. The van der Waals surface area contributed by atoms with E-state index in [2.05, 4.69) is 67.7 Å². The molecule has 0 aliphatic heterocycles. The molecule has 0 spiro atoms. The quantitative estimate of drug-likeness (QED) is 0.828. The van der Waals surface area contributed by atoms with Crippen LogP contribution >= 0.6 is 0 Å². The van der Waals surface area contributed by atoms with Crippen LogP contribution in [-0.2, 0) is 6.42 Å². The van der Waals surface area contributed by atoms with Crippen LogP contribution in [-0.4, -0.2) is 19.2 Å². The van der Waals surface area contributed by atoms with Gasteiger partial charge in [-0.05, 0) is 50.1 Å². The lowest BCUT2D eigenvalue weighted by Gasteiger charge is -2.23. The van der Waals surface area contributed by atoms with Crippen molar-refractivity contribution in [3.63, 3.8) is 0 Å². The molecule has 2 unspecified atom stereocenters. The van der Waals surface area contributed by atoms with Gasteiger partial charge in [-0.2, -0.15) is 0 Å². The van der Waals surface area contributed by atoms with E-state index in [1.807, 2.05) is 13.1 Å². The molecule has 2 nitrogen and oxygen atoms in total. The van der Waals surface area contributed by atoms with Crippen LogP contribution in [0.3, 0.4) is 0 Å². The summed E-state index contributed by atoms with van der Waals surface area (Å²) in [7, 11) is 1.98. The Balaban J connectivity index is 1.96. The summed E-state index contributed by atoms with van der Waals surface area (Å²) in [5.41, 5.74) is 2.64. The maximum absolute atomic E-state index is 6.00. The highest BCUT2D eigenvalue weighted by Crippen LogP contribution is 2.17. The normalized spacial score (nSPS) is 13.7. The number of rotatable bonds is 7. The minimum Gasteiger partial charge on any atom is -0.489 e. The molecule has 0 aliphatic carbocycles. The fourth-order valence-corrected chi connectivity index (χ4v) is 2.58. The summed E-state index contributed by atoms with van der Waals surface area (Å²) in [6, 6.07) is 19.3. The Morgan fingerprint density at radius 2 is 1.57 bits per heavy atom. The maximum atomic E-state index is 6.00. The molecular weight excluding hydrogens is 258 g/mol. The van der Waals surface area contributed by atoms with Crippen LogP contribution in [0.4, 0.5) is 0 Å². The molecule has 0 amide bonds. The van der Waals surface area contributed by atoms with E-state index in [4.69, 9.17) is 4.74 Å². The van der Waals surface area contributed by atoms with Gasteiger partial charge < -0.3 is 10.1 Å². The standard InChI is InChI=1S/C19H25NO/c1-4-19(20-3)15(2)21-18-12-10-17(11-13-18)14-16-8-6-5-7-9-16/h5-13,15,19-20H,4,14H2,1-3H3. The van der Waals surface area contributed by atoms with Gasteiger partial charge in [0.1, 0.15) is 11.9 Å². The van der Waals surface area contributed by atoms with Crippen LogP contribution in [0.15, 0.2) is 54.6 Å². The van der Waals surface area contributed by atoms with Gasteiger partial charge in [0, 0.05) is 6.04 Å². The van der Waals surface area contributed by atoms with Crippen molar-refractivity contribution in [1.82, 2.24) is 5.32 Å². The minimum absolute atomic E-state index is 0.167. The fourth-order valence-electron chi connectivity index (χ4n) is 2.58. The highest BCUT2D eigenvalue weighted by Gasteiger charge is 2.14. The van der Waals surface area contributed by atoms with Crippen LogP contribution in [0.25, 0.3) is 0 Å². The average molecular weight is 283 g/mol. The van der Waals surface area contributed by atoms with E-state index in [1.165, 1.54) is 11.1 Å². The van der Waals surface area contributed by atoms with Gasteiger partial charge in [-0.3, -0.25) is 0 Å². The van der Waals surface area contributed by atoms with Crippen molar-refractivity contribution >= 4 is 0 Å². The fraction of sp³-hybridized carbons (Fsp3) is 0.368. The van der Waals surface area contributed by atoms with E-state index >= 15 is 0 Å². The zero-order valence-corrected chi connectivity index (χ0v) is 13.2. The van der Waals surface area contributed by atoms with E-state index < -0.39 is 0 Å². The smallest absolute Gasteiger partial charge is 0.119 e. The molecule has 21 heavy (non-hydrogen) atoms. The zero-order valence-electron chi connectivity index (χ0n) is 13.2. The van der Waals surface area contributed by atoms with Crippen molar-refractivity contribution < 1.29 is 4.74 Å². The van der Waals surface area contributed by atoms with E-state index in [0.717, 1.165) is 18.6 Å². The summed E-state index contributed by atoms with van der Waals surface area (Å²) in [6.45, 7) is 4.28. The molecule has 2 rings (SSSR count). The first-order valence-electron chi connectivity index (χ1n) is 7.69. The van der Waals surface area contributed by atoms with E-state index in [-0.39, 0.29) is 6.10 Å². The van der Waals surface area contributed by atoms with Crippen molar-refractivity contribution in [2.24, 2.45) is 0 Å². The summed E-state index contributed by atoms with van der Waals surface area (Å²) in [5.74, 6) is 0.938. The van der Waals surface area contributed by atoms with Gasteiger partial charge in [0.25, 0.3) is 0 Å². The molecule has 1 N–H and O–H groups in total. The molecule has 0 aliphatic rings. The molecule has 0 heterocycles. The molecular formula is C19H25NO. The highest BCUT2D eigenvalue weighted by atomic mass is 16.5. The van der Waals surface area contributed by atoms with Gasteiger partial charge in [0.05, 0.1) is 0 Å². The SMILES string of the molecule is CCC(NC)C(C)Oc1ccc(Cc2ccccc2)cc1. The van der Waals surface area contributed by atoms with Gasteiger partial charge in [0.15, 0.2) is 0 Å². The number of benzene rings is 2. The number of likely N-dealkylation sites (N-methyl/N-ethyl adjacent to an activating group) is 1. The predicted octanol–water partition coefficient (Wildman–Crippen LogP) is 4.04. The Bertz CT molecular complexity index is 517. The number of nitrogens with one attached hydrogen (secondary N) is 1. The molecule has 0 bridgehead atoms. The monoisotopic (exact) mass is 283 g/mol. The second-order valence-corrected chi connectivity index (χ2v) is 5.43. The number of hydrogen-bond acceptors (Lipinski definition) is 2. The third-order valence-electron chi connectivity index (χ3n) is 3.87. The average Bonchev–Trinajstić information content (AvgIpc) is 2.51. The Labute approximate surface area is 128 Å². The highest BCUT2D eigenvalue weighted by molar-refractivity contribution is 5.31. The van der Waals surface area contributed by atoms with Crippen LogP contribution < -0.4 is 10.1 Å². The molecule has 112 valence electrons.